The van der Waals surface area contributed by atoms with Crippen LogP contribution < -0.4 is 14.8 Å². The number of carbonyl (C=O) groups is 1. The highest BCUT2D eigenvalue weighted by atomic mass is 35.5. The van der Waals surface area contributed by atoms with Gasteiger partial charge in [0.05, 0.1) is 36.4 Å². The van der Waals surface area contributed by atoms with Crippen LogP contribution in [0.2, 0.25) is 5.02 Å². The van der Waals surface area contributed by atoms with E-state index < -0.39 is 0 Å². The maximum absolute atomic E-state index is 12.9. The number of nitrogens with one attached hydrogen (secondary N) is 1. The zero-order valence-electron chi connectivity index (χ0n) is 18.6. The molecule has 0 radical (unpaired) electrons. The molecule has 7 heteroatoms. The van der Waals surface area contributed by atoms with Crippen LogP contribution in [0.4, 0.5) is 0 Å². The van der Waals surface area contributed by atoms with Crippen LogP contribution in [-0.2, 0) is 6.54 Å². The van der Waals surface area contributed by atoms with Crippen molar-refractivity contribution in [2.24, 2.45) is 0 Å². The summed E-state index contributed by atoms with van der Waals surface area (Å²) in [5.74, 6) is 1.91. The molecule has 0 bridgehead atoms. The molecule has 4 aromatic rings. The summed E-state index contributed by atoms with van der Waals surface area (Å²) in [5, 5.41) is 3.75. The molecular formula is C26H26ClN3O3. The number of fused-ring (bicyclic) bond motifs is 1. The van der Waals surface area contributed by atoms with Gasteiger partial charge in [-0.05, 0) is 61.9 Å². The first-order valence-corrected chi connectivity index (χ1v) is 11.2. The van der Waals surface area contributed by atoms with Crippen LogP contribution >= 0.6 is 11.6 Å². The average molecular weight is 464 g/mol. The Hall–Kier alpha value is -3.51. The van der Waals surface area contributed by atoms with Gasteiger partial charge in [-0.1, -0.05) is 35.9 Å². The van der Waals surface area contributed by atoms with Gasteiger partial charge in [-0.3, -0.25) is 4.79 Å². The van der Waals surface area contributed by atoms with E-state index in [2.05, 4.69) is 9.88 Å². The molecule has 3 aromatic carbocycles. The third kappa shape index (κ3) is 5.29. The number of ether oxygens (including phenoxy) is 2. The minimum Gasteiger partial charge on any atom is -0.496 e. The van der Waals surface area contributed by atoms with Crippen molar-refractivity contribution in [1.82, 2.24) is 14.9 Å². The van der Waals surface area contributed by atoms with E-state index in [0.717, 1.165) is 29.0 Å². The molecule has 1 atom stereocenters. The smallest absolute Gasteiger partial charge is 0.255 e. The molecule has 0 spiro atoms. The molecule has 1 aromatic heterocycles. The predicted molar refractivity (Wildman–Crippen MR) is 130 cm³/mol. The zero-order valence-corrected chi connectivity index (χ0v) is 19.4. The van der Waals surface area contributed by atoms with E-state index in [9.17, 15) is 4.79 Å². The fraction of sp³-hybridized carbons (Fsp3) is 0.231. The summed E-state index contributed by atoms with van der Waals surface area (Å²) in [6.07, 6.45) is 0.781. The summed E-state index contributed by atoms with van der Waals surface area (Å²) >= 11 is 5.93. The Kier molecular flexibility index (Phi) is 7.15. The summed E-state index contributed by atoms with van der Waals surface area (Å²) < 4.78 is 13.3. The van der Waals surface area contributed by atoms with Crippen LogP contribution in [0.3, 0.4) is 0 Å². The number of aryl methyl sites for hydroxylation is 1. The molecule has 1 heterocycles. The number of halogens is 1. The molecule has 0 saturated heterocycles. The number of imidazole rings is 1. The second-order valence-electron chi connectivity index (χ2n) is 7.66. The van der Waals surface area contributed by atoms with Gasteiger partial charge in [0.25, 0.3) is 5.91 Å². The molecule has 0 aliphatic carbocycles. The van der Waals surface area contributed by atoms with E-state index in [-0.39, 0.29) is 11.9 Å². The van der Waals surface area contributed by atoms with Crippen LogP contribution in [0.5, 0.6) is 11.5 Å². The lowest BCUT2D eigenvalue weighted by molar-refractivity contribution is 0.0934. The molecule has 33 heavy (non-hydrogen) atoms. The summed E-state index contributed by atoms with van der Waals surface area (Å²) in [6.45, 7) is 3.20. The Balaban J connectivity index is 1.49. The molecule has 170 valence electrons. The van der Waals surface area contributed by atoms with Gasteiger partial charge < -0.3 is 19.4 Å². The number of hydrogen-bond donors (Lipinski definition) is 1. The Morgan fingerprint density at radius 1 is 1.06 bits per heavy atom. The standard InChI is InChI=1S/C26H26ClN3O3/c1-18(28-26(31)21-8-3-6-11-24(21)32-2)25-29-22-9-4-5-10-23(22)30(25)16-7-17-33-20-14-12-19(27)13-15-20/h3-6,8-15,18H,7,16-17H2,1-2H3,(H,28,31). The normalized spacial score (nSPS) is 11.8. The van der Waals surface area contributed by atoms with Crippen molar-refractivity contribution in [3.05, 3.63) is 89.2 Å². The van der Waals surface area contributed by atoms with Crippen molar-refractivity contribution in [2.45, 2.75) is 25.9 Å². The molecule has 1 amide bonds. The molecule has 0 aliphatic rings. The van der Waals surface area contributed by atoms with Crippen molar-refractivity contribution in [3.63, 3.8) is 0 Å². The van der Waals surface area contributed by atoms with E-state index in [4.69, 9.17) is 26.1 Å². The summed E-state index contributed by atoms with van der Waals surface area (Å²) in [5.41, 5.74) is 2.41. The number of hydrogen-bond acceptors (Lipinski definition) is 4. The van der Waals surface area contributed by atoms with Gasteiger partial charge in [0, 0.05) is 11.6 Å². The van der Waals surface area contributed by atoms with Gasteiger partial charge in [0.2, 0.25) is 0 Å². The largest absolute Gasteiger partial charge is 0.496 e. The minimum absolute atomic E-state index is 0.204. The topological polar surface area (TPSA) is 65.4 Å². The quantitative estimate of drug-likeness (QED) is 0.325. The van der Waals surface area contributed by atoms with Crippen LogP contribution in [0.25, 0.3) is 11.0 Å². The van der Waals surface area contributed by atoms with Crippen LogP contribution in [0, 0.1) is 0 Å². The lowest BCUT2D eigenvalue weighted by Crippen LogP contribution is -2.29. The van der Waals surface area contributed by atoms with Gasteiger partial charge in [0.1, 0.15) is 17.3 Å². The van der Waals surface area contributed by atoms with Crippen LogP contribution in [-0.4, -0.2) is 29.2 Å². The SMILES string of the molecule is COc1ccccc1C(=O)NC(C)c1nc2ccccc2n1CCCOc1ccc(Cl)cc1. The molecule has 0 saturated carbocycles. The van der Waals surface area contributed by atoms with Crippen molar-refractivity contribution in [2.75, 3.05) is 13.7 Å². The molecule has 0 aliphatic heterocycles. The van der Waals surface area contributed by atoms with Gasteiger partial charge in [-0.2, -0.15) is 0 Å². The number of methoxy groups -OCH3 is 1. The number of amides is 1. The second-order valence-corrected chi connectivity index (χ2v) is 8.10. The lowest BCUT2D eigenvalue weighted by Gasteiger charge is -2.17. The molecule has 0 fully saturated rings. The van der Waals surface area contributed by atoms with Crippen molar-refractivity contribution >= 4 is 28.5 Å². The van der Waals surface area contributed by atoms with E-state index in [0.29, 0.717) is 29.5 Å². The Morgan fingerprint density at radius 3 is 2.58 bits per heavy atom. The Morgan fingerprint density at radius 2 is 1.79 bits per heavy atom. The van der Waals surface area contributed by atoms with E-state index in [1.165, 1.54) is 0 Å². The third-order valence-electron chi connectivity index (χ3n) is 5.38. The van der Waals surface area contributed by atoms with Crippen molar-refractivity contribution < 1.29 is 14.3 Å². The number of para-hydroxylation sites is 3. The highest BCUT2D eigenvalue weighted by Gasteiger charge is 2.20. The van der Waals surface area contributed by atoms with E-state index in [1.807, 2.05) is 67.6 Å². The van der Waals surface area contributed by atoms with Crippen LogP contribution in [0.1, 0.15) is 35.6 Å². The average Bonchev–Trinajstić information content (AvgIpc) is 3.21. The summed E-state index contributed by atoms with van der Waals surface area (Å²) in [4.78, 5) is 17.7. The molecule has 1 unspecified atom stereocenters. The van der Waals surface area contributed by atoms with E-state index >= 15 is 0 Å². The van der Waals surface area contributed by atoms with Gasteiger partial charge in [0.15, 0.2) is 0 Å². The number of carbonyl (C=O) groups excluding carboxylic acids is 1. The maximum Gasteiger partial charge on any atom is 0.255 e. The predicted octanol–water partition coefficient (Wildman–Crippen LogP) is 5.66. The first-order valence-electron chi connectivity index (χ1n) is 10.8. The highest BCUT2D eigenvalue weighted by Crippen LogP contribution is 2.23. The summed E-state index contributed by atoms with van der Waals surface area (Å²) in [6, 6.07) is 22.2. The fourth-order valence-corrected chi connectivity index (χ4v) is 3.90. The summed E-state index contributed by atoms with van der Waals surface area (Å²) in [7, 11) is 1.56. The van der Waals surface area contributed by atoms with Gasteiger partial charge in [-0.25, -0.2) is 4.98 Å². The molecule has 4 rings (SSSR count). The Labute approximate surface area is 198 Å². The third-order valence-corrected chi connectivity index (χ3v) is 5.63. The molecule has 1 N–H and O–H groups in total. The first-order chi connectivity index (χ1) is 16.1. The first kappa shape index (κ1) is 22.7. The number of nitrogens with zero attached hydrogens (tertiary/aromatic N) is 2. The van der Waals surface area contributed by atoms with Gasteiger partial charge in [-0.15, -0.1) is 0 Å². The van der Waals surface area contributed by atoms with Crippen molar-refractivity contribution in [3.8, 4) is 11.5 Å². The van der Waals surface area contributed by atoms with Gasteiger partial charge >= 0.3 is 0 Å². The monoisotopic (exact) mass is 463 g/mol. The maximum atomic E-state index is 12.9. The number of benzene rings is 3. The second kappa shape index (κ2) is 10.4. The number of aromatic nitrogens is 2. The van der Waals surface area contributed by atoms with E-state index in [1.54, 1.807) is 19.2 Å². The minimum atomic E-state index is -0.299. The number of rotatable bonds is 9. The molecule has 6 nitrogen and oxygen atoms in total. The zero-order chi connectivity index (χ0) is 23.2. The highest BCUT2D eigenvalue weighted by molar-refractivity contribution is 6.30. The fourth-order valence-electron chi connectivity index (χ4n) is 3.77. The molecular weight excluding hydrogens is 438 g/mol. The Bertz CT molecular complexity index is 1240. The van der Waals surface area contributed by atoms with Crippen LogP contribution in [0.15, 0.2) is 72.8 Å². The van der Waals surface area contributed by atoms with Crippen molar-refractivity contribution in [1.29, 1.82) is 0 Å². The lowest BCUT2D eigenvalue weighted by atomic mass is 10.1.